The lowest BCUT2D eigenvalue weighted by Gasteiger charge is -2.34. The number of aromatic nitrogens is 2. The standard InChI is InChI=1S/C21H20N4O6S3/c1-13-7-9-14(10-8-13)34(28,29)25-11-17(31-16-6-4-3-5-15(16)25)19(27)22-20-23-24-21(33-20)32-12-18(26)30-2/h3-10,17H,11-12H2,1-2H3,(H,22,23,27). The summed E-state index contributed by atoms with van der Waals surface area (Å²) in [7, 11) is -2.65. The van der Waals surface area contributed by atoms with Crippen LogP contribution in [0.1, 0.15) is 5.56 Å². The molecule has 1 aromatic heterocycles. The lowest BCUT2D eigenvalue weighted by atomic mass is 10.2. The highest BCUT2D eigenvalue weighted by atomic mass is 32.2. The van der Waals surface area contributed by atoms with Gasteiger partial charge in [-0.15, -0.1) is 10.2 Å². The Kier molecular flexibility index (Phi) is 7.05. The van der Waals surface area contributed by atoms with E-state index in [9.17, 15) is 18.0 Å². The first-order valence-electron chi connectivity index (χ1n) is 9.97. The van der Waals surface area contributed by atoms with Gasteiger partial charge < -0.3 is 9.47 Å². The maximum absolute atomic E-state index is 13.4. The molecule has 34 heavy (non-hydrogen) atoms. The van der Waals surface area contributed by atoms with Gasteiger partial charge in [0.25, 0.3) is 15.9 Å². The van der Waals surface area contributed by atoms with E-state index in [1.54, 1.807) is 36.4 Å². The number of carbonyl (C=O) groups is 2. The van der Waals surface area contributed by atoms with Gasteiger partial charge in [-0.1, -0.05) is 52.9 Å². The lowest BCUT2D eigenvalue weighted by Crippen LogP contribution is -2.48. The topological polar surface area (TPSA) is 128 Å². The molecule has 3 aromatic rings. The molecule has 0 aliphatic carbocycles. The highest BCUT2D eigenvalue weighted by Gasteiger charge is 2.37. The average Bonchev–Trinajstić information content (AvgIpc) is 3.29. The van der Waals surface area contributed by atoms with E-state index in [-0.39, 0.29) is 28.1 Å². The van der Waals surface area contributed by atoms with E-state index >= 15 is 0 Å². The third-order valence-corrected chi connectivity index (χ3v) is 8.55. The molecule has 1 atom stereocenters. The number of ether oxygens (including phenoxy) is 2. The molecule has 1 N–H and O–H groups in total. The van der Waals surface area contributed by atoms with Crippen LogP contribution in [0.2, 0.25) is 0 Å². The van der Waals surface area contributed by atoms with E-state index in [0.29, 0.717) is 10.0 Å². The van der Waals surface area contributed by atoms with Gasteiger partial charge in [-0.3, -0.25) is 19.2 Å². The molecule has 0 bridgehead atoms. The zero-order valence-electron chi connectivity index (χ0n) is 18.1. The molecule has 2 heterocycles. The summed E-state index contributed by atoms with van der Waals surface area (Å²) in [5, 5.41) is 10.6. The first kappa shape index (κ1) is 24.0. The number of rotatable bonds is 7. The highest BCUT2D eigenvalue weighted by molar-refractivity contribution is 8.01. The summed E-state index contributed by atoms with van der Waals surface area (Å²) < 4.78 is 38.9. The molecule has 4 rings (SSSR count). The molecule has 0 radical (unpaired) electrons. The van der Waals surface area contributed by atoms with E-state index in [0.717, 1.165) is 28.7 Å². The molecule has 178 valence electrons. The molecule has 2 aromatic carbocycles. The Labute approximate surface area is 204 Å². The molecule has 0 fully saturated rings. The molecule has 1 aliphatic heterocycles. The molecule has 13 heteroatoms. The van der Waals surface area contributed by atoms with Gasteiger partial charge in [0.1, 0.15) is 5.75 Å². The van der Waals surface area contributed by atoms with Gasteiger partial charge in [-0.25, -0.2) is 8.42 Å². The van der Waals surface area contributed by atoms with Crippen molar-refractivity contribution in [2.45, 2.75) is 22.3 Å². The van der Waals surface area contributed by atoms with Crippen LogP contribution < -0.4 is 14.4 Å². The monoisotopic (exact) mass is 520 g/mol. The summed E-state index contributed by atoms with van der Waals surface area (Å²) in [6.07, 6.45) is -1.12. The third-order valence-electron chi connectivity index (χ3n) is 4.81. The van der Waals surface area contributed by atoms with Crippen molar-refractivity contribution in [3.8, 4) is 5.75 Å². The van der Waals surface area contributed by atoms with Crippen molar-refractivity contribution < 1.29 is 27.5 Å². The van der Waals surface area contributed by atoms with E-state index in [4.69, 9.17) is 4.74 Å². The van der Waals surface area contributed by atoms with Crippen LogP contribution in [-0.4, -0.2) is 56.0 Å². The van der Waals surface area contributed by atoms with Crippen molar-refractivity contribution in [2.24, 2.45) is 0 Å². The number of hydrogen-bond donors (Lipinski definition) is 1. The fraction of sp³-hybridized carbons (Fsp3) is 0.238. The van der Waals surface area contributed by atoms with Gasteiger partial charge in [-0.2, -0.15) is 0 Å². The molecule has 1 aliphatic rings. The number of sulfonamides is 1. The summed E-state index contributed by atoms with van der Waals surface area (Å²) in [5.74, 6) is -0.640. The van der Waals surface area contributed by atoms with Crippen molar-refractivity contribution in [3.05, 3.63) is 54.1 Å². The number of carbonyl (C=O) groups excluding carboxylic acids is 2. The smallest absolute Gasteiger partial charge is 0.316 e. The molecule has 0 spiro atoms. The number of amides is 1. The maximum atomic E-state index is 13.4. The Morgan fingerprint density at radius 2 is 1.94 bits per heavy atom. The van der Waals surface area contributed by atoms with Crippen LogP contribution in [0.5, 0.6) is 5.75 Å². The molecule has 0 saturated heterocycles. The normalized spacial score (nSPS) is 15.2. The van der Waals surface area contributed by atoms with Gasteiger partial charge >= 0.3 is 5.97 Å². The largest absolute Gasteiger partial charge is 0.476 e. The summed E-state index contributed by atoms with van der Waals surface area (Å²) >= 11 is 2.21. The Hall–Kier alpha value is -3.16. The number of nitrogens with one attached hydrogen (secondary N) is 1. The number of aryl methyl sites for hydroxylation is 1. The number of methoxy groups -OCH3 is 1. The summed E-state index contributed by atoms with van der Waals surface area (Å²) in [4.78, 5) is 24.4. The van der Waals surface area contributed by atoms with Crippen molar-refractivity contribution >= 4 is 55.8 Å². The highest BCUT2D eigenvalue weighted by Crippen LogP contribution is 2.37. The van der Waals surface area contributed by atoms with E-state index in [1.807, 2.05) is 6.92 Å². The summed E-state index contributed by atoms with van der Waals surface area (Å²) in [6, 6.07) is 13.1. The number of esters is 1. The number of benzene rings is 2. The zero-order valence-corrected chi connectivity index (χ0v) is 20.6. The number of thioether (sulfide) groups is 1. The van der Waals surface area contributed by atoms with Gasteiger partial charge in [0.15, 0.2) is 10.4 Å². The minimum atomic E-state index is -3.94. The minimum absolute atomic E-state index is 0.0629. The van der Waals surface area contributed by atoms with Crippen molar-refractivity contribution in [3.63, 3.8) is 0 Å². The van der Waals surface area contributed by atoms with E-state index < -0.39 is 28.0 Å². The van der Waals surface area contributed by atoms with Crippen LogP contribution in [0.4, 0.5) is 10.8 Å². The summed E-state index contributed by atoms with van der Waals surface area (Å²) in [5.41, 5.74) is 1.28. The predicted molar refractivity (Wildman–Crippen MR) is 128 cm³/mol. The van der Waals surface area contributed by atoms with Crippen LogP contribution in [0.3, 0.4) is 0 Å². The Balaban J connectivity index is 1.54. The molecule has 0 saturated carbocycles. The second-order valence-electron chi connectivity index (χ2n) is 7.15. The fourth-order valence-electron chi connectivity index (χ4n) is 3.09. The Morgan fingerprint density at radius 3 is 2.68 bits per heavy atom. The predicted octanol–water partition coefficient (Wildman–Crippen LogP) is 2.71. The lowest BCUT2D eigenvalue weighted by molar-refractivity contribution is -0.137. The van der Waals surface area contributed by atoms with Crippen molar-refractivity contribution in [1.82, 2.24) is 10.2 Å². The van der Waals surface area contributed by atoms with Gasteiger partial charge in [0.05, 0.1) is 30.0 Å². The zero-order chi connectivity index (χ0) is 24.3. The van der Waals surface area contributed by atoms with Crippen molar-refractivity contribution in [1.29, 1.82) is 0 Å². The quantitative estimate of drug-likeness (QED) is 0.284. The maximum Gasteiger partial charge on any atom is 0.316 e. The second-order valence-corrected chi connectivity index (χ2v) is 11.2. The molecular weight excluding hydrogens is 500 g/mol. The first-order valence-corrected chi connectivity index (χ1v) is 13.2. The third kappa shape index (κ3) is 5.16. The first-order chi connectivity index (χ1) is 16.3. The number of nitrogens with zero attached hydrogens (tertiary/aromatic N) is 3. The van der Waals surface area contributed by atoms with Gasteiger partial charge in [0.2, 0.25) is 5.13 Å². The number of hydrogen-bond acceptors (Lipinski definition) is 10. The Bertz CT molecular complexity index is 1310. The second kappa shape index (κ2) is 9.99. The number of anilines is 2. The molecular formula is C21H20N4O6S3. The SMILES string of the molecule is COC(=O)CSc1nnc(NC(=O)C2CN(S(=O)(=O)c3ccc(C)cc3)c3ccccc3O2)s1. The van der Waals surface area contributed by atoms with Gasteiger partial charge in [0, 0.05) is 0 Å². The van der Waals surface area contributed by atoms with Crippen LogP contribution in [0.25, 0.3) is 0 Å². The van der Waals surface area contributed by atoms with Crippen LogP contribution in [0, 0.1) is 6.92 Å². The van der Waals surface area contributed by atoms with Crippen LogP contribution in [0.15, 0.2) is 57.8 Å². The molecule has 1 amide bonds. The average molecular weight is 521 g/mol. The molecule has 1 unspecified atom stereocenters. The van der Waals surface area contributed by atoms with Crippen molar-refractivity contribution in [2.75, 3.05) is 29.0 Å². The Morgan fingerprint density at radius 1 is 1.21 bits per heavy atom. The van der Waals surface area contributed by atoms with Crippen LogP contribution in [-0.2, 0) is 24.3 Å². The van der Waals surface area contributed by atoms with Crippen LogP contribution >= 0.6 is 23.1 Å². The number of para-hydroxylation sites is 2. The summed E-state index contributed by atoms with van der Waals surface area (Å²) in [6.45, 7) is 1.65. The van der Waals surface area contributed by atoms with E-state index in [2.05, 4.69) is 20.3 Å². The van der Waals surface area contributed by atoms with Gasteiger partial charge in [-0.05, 0) is 31.2 Å². The number of fused-ring (bicyclic) bond motifs is 1. The van der Waals surface area contributed by atoms with E-state index in [1.165, 1.54) is 23.5 Å². The fourth-order valence-corrected chi connectivity index (χ4v) is 6.15. The minimum Gasteiger partial charge on any atom is -0.476 e. The molecule has 10 nitrogen and oxygen atoms in total.